The van der Waals surface area contributed by atoms with Crippen molar-refractivity contribution in [1.82, 2.24) is 9.88 Å². The lowest BCUT2D eigenvalue weighted by Gasteiger charge is -2.33. The number of nitrogens with zero attached hydrogens (tertiary/aromatic N) is 2. The maximum atomic E-state index is 13.5. The van der Waals surface area contributed by atoms with E-state index in [2.05, 4.69) is 22.4 Å². The number of aromatic nitrogens is 1. The van der Waals surface area contributed by atoms with Crippen LogP contribution < -0.4 is 5.32 Å². The molecule has 164 valence electrons. The van der Waals surface area contributed by atoms with Crippen LogP contribution in [0.2, 0.25) is 0 Å². The van der Waals surface area contributed by atoms with E-state index >= 15 is 0 Å². The molecule has 0 aliphatic carbocycles. The number of rotatable bonds is 5. The number of amides is 2. The summed E-state index contributed by atoms with van der Waals surface area (Å²) < 4.78 is 13.5. The van der Waals surface area contributed by atoms with E-state index in [1.54, 1.807) is 28.8 Å². The molecule has 3 heterocycles. The number of carbonyl (C=O) groups excluding carboxylic acids is 2. The summed E-state index contributed by atoms with van der Waals surface area (Å²) in [6.07, 6.45) is 1.76. The second kappa shape index (κ2) is 8.33. The molecule has 3 aromatic rings. The van der Waals surface area contributed by atoms with Crippen molar-refractivity contribution < 1.29 is 14.0 Å². The fraction of sp³-hybridized carbons (Fsp3) is 0.292. The summed E-state index contributed by atoms with van der Waals surface area (Å²) in [5, 5.41) is 3.49. The Labute approximate surface area is 194 Å². The average Bonchev–Trinajstić information content (AvgIpc) is 3.44. The number of halogens is 1. The zero-order valence-electron chi connectivity index (χ0n) is 17.5. The van der Waals surface area contributed by atoms with Gasteiger partial charge >= 0.3 is 0 Å². The van der Waals surface area contributed by atoms with E-state index in [9.17, 15) is 14.0 Å². The first kappa shape index (κ1) is 21.2. The third-order valence-corrected chi connectivity index (χ3v) is 8.72. The third kappa shape index (κ3) is 3.71. The highest BCUT2D eigenvalue weighted by molar-refractivity contribution is 8.00. The Hall–Kier alpha value is -2.71. The van der Waals surface area contributed by atoms with E-state index in [4.69, 9.17) is 0 Å². The molecule has 2 saturated heterocycles. The molecule has 2 amide bonds. The Bertz CT molecular complexity index is 1170. The molecule has 2 atom stereocenters. The van der Waals surface area contributed by atoms with Gasteiger partial charge in [0, 0.05) is 23.5 Å². The number of benzene rings is 2. The molecule has 1 aromatic heterocycles. The molecular weight excluding hydrogens is 445 g/mol. The largest absolute Gasteiger partial charge is 0.311 e. The fourth-order valence-corrected chi connectivity index (χ4v) is 7.11. The molecule has 0 radical (unpaired) electrons. The Morgan fingerprint density at radius 2 is 1.97 bits per heavy atom. The standard InChI is InChI=1S/C24H22FN3O2S2/c1-15-20(13-16-5-3-2-4-6-16)32-23(26-15)27-22(30)19-14-31-24(12-11-21(29)28(19)24)17-7-9-18(25)10-8-17/h2-10,19H,11-14H2,1H3,(H,26,27,30). The molecule has 8 heteroatoms. The van der Waals surface area contributed by atoms with Crippen molar-refractivity contribution in [2.45, 2.75) is 37.1 Å². The number of hydrogen-bond acceptors (Lipinski definition) is 5. The highest BCUT2D eigenvalue weighted by Crippen LogP contribution is 2.54. The molecule has 0 saturated carbocycles. The molecule has 32 heavy (non-hydrogen) atoms. The quantitative estimate of drug-likeness (QED) is 0.590. The predicted octanol–water partition coefficient (Wildman–Crippen LogP) is 4.71. The minimum Gasteiger partial charge on any atom is -0.311 e. The van der Waals surface area contributed by atoms with E-state index in [1.165, 1.54) is 29.0 Å². The zero-order chi connectivity index (χ0) is 22.3. The van der Waals surface area contributed by atoms with Gasteiger partial charge in [-0.2, -0.15) is 0 Å². The normalized spacial score (nSPS) is 22.2. The van der Waals surface area contributed by atoms with Crippen LogP contribution in [0.15, 0.2) is 54.6 Å². The first-order valence-electron chi connectivity index (χ1n) is 10.5. The molecule has 1 N–H and O–H groups in total. The minimum atomic E-state index is -0.607. The van der Waals surface area contributed by atoms with Gasteiger partial charge < -0.3 is 10.2 Å². The molecule has 0 bridgehead atoms. The second-order valence-electron chi connectivity index (χ2n) is 8.06. The van der Waals surface area contributed by atoms with Crippen molar-refractivity contribution in [3.63, 3.8) is 0 Å². The van der Waals surface area contributed by atoms with E-state index in [-0.39, 0.29) is 17.6 Å². The number of aryl methyl sites for hydroxylation is 1. The van der Waals surface area contributed by atoms with Crippen molar-refractivity contribution in [3.8, 4) is 0 Å². The number of carbonyl (C=O) groups is 2. The lowest BCUT2D eigenvalue weighted by Crippen LogP contribution is -2.48. The highest BCUT2D eigenvalue weighted by atomic mass is 32.2. The summed E-state index contributed by atoms with van der Waals surface area (Å²) in [4.78, 5) is 32.7. The minimum absolute atomic E-state index is 0.0421. The lowest BCUT2D eigenvalue weighted by molar-refractivity contribution is -0.136. The van der Waals surface area contributed by atoms with Crippen LogP contribution in [0, 0.1) is 12.7 Å². The van der Waals surface area contributed by atoms with Gasteiger partial charge in [-0.05, 0) is 36.6 Å². The molecule has 2 fully saturated rings. The van der Waals surface area contributed by atoms with E-state index in [1.807, 2.05) is 25.1 Å². The topological polar surface area (TPSA) is 62.3 Å². The maximum absolute atomic E-state index is 13.5. The summed E-state index contributed by atoms with van der Waals surface area (Å²) in [5.74, 6) is -0.0871. The van der Waals surface area contributed by atoms with Crippen LogP contribution >= 0.6 is 23.1 Å². The maximum Gasteiger partial charge on any atom is 0.249 e. The SMILES string of the molecule is Cc1nc(NC(=O)C2CSC3(c4ccc(F)cc4)CCC(=O)N23)sc1Cc1ccccc1. The van der Waals surface area contributed by atoms with Crippen LogP contribution in [0.4, 0.5) is 9.52 Å². The van der Waals surface area contributed by atoms with Crippen molar-refractivity contribution in [1.29, 1.82) is 0 Å². The Morgan fingerprint density at radius 3 is 2.72 bits per heavy atom. The van der Waals surface area contributed by atoms with E-state index in [0.717, 1.165) is 22.6 Å². The van der Waals surface area contributed by atoms with Gasteiger partial charge in [0.2, 0.25) is 11.8 Å². The van der Waals surface area contributed by atoms with E-state index < -0.39 is 10.9 Å². The molecular formula is C24H22FN3O2S2. The van der Waals surface area contributed by atoms with Gasteiger partial charge in [-0.15, -0.1) is 23.1 Å². The van der Waals surface area contributed by atoms with Crippen LogP contribution in [-0.2, 0) is 20.9 Å². The lowest BCUT2D eigenvalue weighted by atomic mass is 10.0. The van der Waals surface area contributed by atoms with Crippen LogP contribution in [0.5, 0.6) is 0 Å². The summed E-state index contributed by atoms with van der Waals surface area (Å²) in [6.45, 7) is 1.94. The Balaban J connectivity index is 1.35. The predicted molar refractivity (Wildman–Crippen MR) is 125 cm³/mol. The summed E-state index contributed by atoms with van der Waals surface area (Å²) in [7, 11) is 0. The fourth-order valence-electron chi connectivity index (χ4n) is 4.46. The Kier molecular flexibility index (Phi) is 5.51. The number of hydrogen-bond donors (Lipinski definition) is 1. The summed E-state index contributed by atoms with van der Waals surface area (Å²) >= 11 is 3.05. The Morgan fingerprint density at radius 1 is 1.22 bits per heavy atom. The number of fused-ring (bicyclic) bond motifs is 1. The van der Waals surface area contributed by atoms with Crippen LogP contribution in [0.3, 0.4) is 0 Å². The molecule has 2 aliphatic heterocycles. The zero-order valence-corrected chi connectivity index (χ0v) is 19.1. The molecule has 5 nitrogen and oxygen atoms in total. The van der Waals surface area contributed by atoms with Gasteiger partial charge in [-0.3, -0.25) is 9.59 Å². The highest BCUT2D eigenvalue weighted by Gasteiger charge is 2.56. The first-order valence-corrected chi connectivity index (χ1v) is 12.3. The number of nitrogens with one attached hydrogen (secondary N) is 1. The third-order valence-electron chi connectivity index (χ3n) is 6.06. The molecule has 0 spiro atoms. The number of thiazole rings is 1. The van der Waals surface area contributed by atoms with Crippen LogP contribution in [-0.4, -0.2) is 33.5 Å². The van der Waals surface area contributed by atoms with Crippen molar-refractivity contribution in [2.24, 2.45) is 0 Å². The molecule has 5 rings (SSSR count). The van der Waals surface area contributed by atoms with Gasteiger partial charge in [0.1, 0.15) is 16.7 Å². The van der Waals surface area contributed by atoms with Gasteiger partial charge in [-0.1, -0.05) is 42.5 Å². The second-order valence-corrected chi connectivity index (χ2v) is 10.4. The molecule has 2 aliphatic rings. The van der Waals surface area contributed by atoms with Crippen LogP contribution in [0.25, 0.3) is 0 Å². The van der Waals surface area contributed by atoms with E-state index in [0.29, 0.717) is 23.7 Å². The van der Waals surface area contributed by atoms with Gasteiger partial charge in [-0.25, -0.2) is 9.37 Å². The average molecular weight is 468 g/mol. The van der Waals surface area contributed by atoms with Gasteiger partial charge in [0.15, 0.2) is 5.13 Å². The van der Waals surface area contributed by atoms with Crippen molar-refractivity contribution in [2.75, 3.05) is 11.1 Å². The summed E-state index contributed by atoms with van der Waals surface area (Å²) in [6, 6.07) is 15.8. The number of thioether (sulfide) groups is 1. The molecule has 2 aromatic carbocycles. The van der Waals surface area contributed by atoms with Gasteiger partial charge in [0.05, 0.1) is 5.69 Å². The number of anilines is 1. The van der Waals surface area contributed by atoms with Crippen molar-refractivity contribution >= 4 is 40.0 Å². The van der Waals surface area contributed by atoms with Gasteiger partial charge in [0.25, 0.3) is 0 Å². The summed E-state index contributed by atoms with van der Waals surface area (Å²) in [5.41, 5.74) is 2.95. The van der Waals surface area contributed by atoms with Crippen LogP contribution in [0.1, 0.15) is 34.5 Å². The monoisotopic (exact) mass is 467 g/mol. The smallest absolute Gasteiger partial charge is 0.249 e. The van der Waals surface area contributed by atoms with Crippen molar-refractivity contribution in [3.05, 3.63) is 82.1 Å². The molecule has 2 unspecified atom stereocenters. The first-order chi connectivity index (χ1) is 15.5.